The lowest BCUT2D eigenvalue weighted by atomic mass is 10.0. The molecule has 5 nitrogen and oxygen atoms in total. The smallest absolute Gasteiger partial charge is 0.251 e. The molecule has 0 spiro atoms. The predicted molar refractivity (Wildman–Crippen MR) is 132 cm³/mol. The van der Waals surface area contributed by atoms with Crippen LogP contribution >= 0.6 is 0 Å². The average molecular weight is 425 g/mol. The first-order chi connectivity index (χ1) is 15.7. The van der Waals surface area contributed by atoms with Crippen LogP contribution in [0.25, 0.3) is 21.7 Å². The van der Waals surface area contributed by atoms with Gasteiger partial charge in [-0.15, -0.1) is 0 Å². The van der Waals surface area contributed by atoms with Gasteiger partial charge in [0.25, 0.3) is 5.91 Å². The van der Waals surface area contributed by atoms with Gasteiger partial charge in [0.05, 0.1) is 5.52 Å². The van der Waals surface area contributed by atoms with Crippen LogP contribution in [0.15, 0.2) is 72.9 Å². The van der Waals surface area contributed by atoms with Crippen molar-refractivity contribution in [3.8, 4) is 0 Å². The summed E-state index contributed by atoms with van der Waals surface area (Å²) in [6, 6.07) is 22.5. The molecule has 1 amide bonds. The molecule has 5 rings (SSSR count). The van der Waals surface area contributed by atoms with Crippen molar-refractivity contribution in [1.82, 2.24) is 15.2 Å². The standard InChI is InChI=1S/C27H28N4O/c1-2-31-15-5-8-23(18-31)30-27(32)19-9-11-22(12-10-19)29-25-13-14-28-26-17-21-7-4-3-6-20(21)16-24(25)26/h3-4,6-7,9-14,16-17,23H,2,5,8,15,18H2,1H3,(H,28,29)(H,30,32)/t23-/m1/s1. The number of nitrogens with one attached hydrogen (secondary N) is 2. The molecule has 0 aliphatic carbocycles. The van der Waals surface area contributed by atoms with Gasteiger partial charge < -0.3 is 15.5 Å². The molecule has 4 aromatic rings. The van der Waals surface area contributed by atoms with Gasteiger partial charge in [0.2, 0.25) is 0 Å². The van der Waals surface area contributed by atoms with E-state index >= 15 is 0 Å². The van der Waals surface area contributed by atoms with E-state index in [-0.39, 0.29) is 11.9 Å². The first-order valence-electron chi connectivity index (χ1n) is 11.4. The molecule has 1 atom stereocenters. The number of carbonyl (C=O) groups excluding carboxylic acids is 1. The summed E-state index contributed by atoms with van der Waals surface area (Å²) in [6.07, 6.45) is 4.01. The van der Waals surface area contributed by atoms with Gasteiger partial charge in [-0.2, -0.15) is 0 Å². The maximum absolute atomic E-state index is 12.7. The number of fused-ring (bicyclic) bond motifs is 2. The Morgan fingerprint density at radius 3 is 2.62 bits per heavy atom. The molecule has 0 bridgehead atoms. The van der Waals surface area contributed by atoms with Gasteiger partial charge in [-0.05, 0) is 79.2 Å². The van der Waals surface area contributed by atoms with Crippen molar-refractivity contribution in [2.45, 2.75) is 25.8 Å². The van der Waals surface area contributed by atoms with E-state index in [0.717, 1.165) is 54.8 Å². The second kappa shape index (κ2) is 8.97. The maximum Gasteiger partial charge on any atom is 0.251 e. The summed E-state index contributed by atoms with van der Waals surface area (Å²) in [5, 5.41) is 10.1. The molecule has 32 heavy (non-hydrogen) atoms. The van der Waals surface area contributed by atoms with Gasteiger partial charge in [0, 0.05) is 41.1 Å². The highest BCUT2D eigenvalue weighted by Gasteiger charge is 2.20. The zero-order valence-electron chi connectivity index (χ0n) is 18.3. The monoisotopic (exact) mass is 424 g/mol. The zero-order valence-corrected chi connectivity index (χ0v) is 18.3. The highest BCUT2D eigenvalue weighted by Crippen LogP contribution is 2.29. The number of likely N-dealkylation sites (tertiary alicyclic amines) is 1. The third-order valence-corrected chi connectivity index (χ3v) is 6.32. The highest BCUT2D eigenvalue weighted by molar-refractivity contribution is 6.02. The molecule has 1 aliphatic rings. The number of anilines is 2. The molecular weight excluding hydrogens is 396 g/mol. The Morgan fingerprint density at radius 1 is 1.06 bits per heavy atom. The molecule has 2 heterocycles. The van der Waals surface area contributed by atoms with E-state index in [4.69, 9.17) is 0 Å². The fourth-order valence-electron chi connectivity index (χ4n) is 4.53. The van der Waals surface area contributed by atoms with Crippen molar-refractivity contribution in [2.24, 2.45) is 0 Å². The van der Waals surface area contributed by atoms with Crippen LogP contribution in [0.4, 0.5) is 11.4 Å². The summed E-state index contributed by atoms with van der Waals surface area (Å²) in [5.74, 6) is 0.000309. The lowest BCUT2D eigenvalue weighted by Crippen LogP contribution is -2.47. The first-order valence-corrected chi connectivity index (χ1v) is 11.4. The van der Waals surface area contributed by atoms with Crippen LogP contribution in [0.3, 0.4) is 0 Å². The Bertz CT molecular complexity index is 1250. The summed E-state index contributed by atoms with van der Waals surface area (Å²) in [7, 11) is 0. The zero-order chi connectivity index (χ0) is 21.9. The molecular formula is C27H28N4O. The normalized spacial score (nSPS) is 16.8. The van der Waals surface area contributed by atoms with Gasteiger partial charge >= 0.3 is 0 Å². The SMILES string of the molecule is CCN1CCC[C@@H](NC(=O)c2ccc(Nc3ccnc4cc5ccccc5cc34)cc2)C1. The van der Waals surface area contributed by atoms with Crippen LogP contribution in [-0.4, -0.2) is 41.5 Å². The molecule has 0 saturated carbocycles. The van der Waals surface area contributed by atoms with Crippen LogP contribution in [0.2, 0.25) is 0 Å². The van der Waals surface area contributed by atoms with Gasteiger partial charge in [-0.25, -0.2) is 0 Å². The predicted octanol–water partition coefficient (Wildman–Crippen LogP) is 5.35. The fraction of sp³-hybridized carbons (Fsp3) is 0.259. The Hall–Kier alpha value is -3.44. The Balaban J connectivity index is 1.32. The number of hydrogen-bond acceptors (Lipinski definition) is 4. The number of rotatable bonds is 5. The highest BCUT2D eigenvalue weighted by atomic mass is 16.1. The minimum atomic E-state index is 0.000309. The van der Waals surface area contributed by atoms with E-state index in [1.807, 2.05) is 42.6 Å². The van der Waals surface area contributed by atoms with Crippen LogP contribution in [-0.2, 0) is 0 Å². The number of carbonyl (C=O) groups is 1. The number of amides is 1. The van der Waals surface area contributed by atoms with Crippen molar-refractivity contribution >= 4 is 39.0 Å². The van der Waals surface area contributed by atoms with E-state index in [1.165, 1.54) is 10.8 Å². The number of pyridine rings is 1. The minimum absolute atomic E-state index is 0.000309. The Labute approximate surface area is 188 Å². The number of hydrogen-bond donors (Lipinski definition) is 2. The van der Waals surface area contributed by atoms with E-state index in [2.05, 4.69) is 57.8 Å². The number of likely N-dealkylation sites (N-methyl/N-ethyl adjacent to an activating group) is 1. The molecule has 5 heteroatoms. The van der Waals surface area contributed by atoms with Gasteiger partial charge in [-0.3, -0.25) is 9.78 Å². The average Bonchev–Trinajstić information content (AvgIpc) is 2.83. The largest absolute Gasteiger partial charge is 0.355 e. The molecule has 2 N–H and O–H groups in total. The fourth-order valence-corrected chi connectivity index (χ4v) is 4.53. The van der Waals surface area contributed by atoms with Crippen molar-refractivity contribution in [3.05, 3.63) is 78.5 Å². The summed E-state index contributed by atoms with van der Waals surface area (Å²) >= 11 is 0. The van der Waals surface area contributed by atoms with Crippen LogP contribution in [0, 0.1) is 0 Å². The third kappa shape index (κ3) is 4.30. The molecule has 0 radical (unpaired) electrons. The van der Waals surface area contributed by atoms with Crippen molar-refractivity contribution in [1.29, 1.82) is 0 Å². The lowest BCUT2D eigenvalue weighted by molar-refractivity contribution is 0.0906. The van der Waals surface area contributed by atoms with E-state index in [9.17, 15) is 4.79 Å². The quantitative estimate of drug-likeness (QED) is 0.424. The maximum atomic E-state index is 12.7. The Morgan fingerprint density at radius 2 is 1.84 bits per heavy atom. The van der Waals surface area contributed by atoms with Gasteiger partial charge in [-0.1, -0.05) is 31.2 Å². The van der Waals surface area contributed by atoms with Gasteiger partial charge in [0.15, 0.2) is 0 Å². The molecule has 3 aromatic carbocycles. The summed E-state index contributed by atoms with van der Waals surface area (Å²) in [5.41, 5.74) is 3.59. The van der Waals surface area contributed by atoms with Crippen molar-refractivity contribution in [2.75, 3.05) is 25.0 Å². The minimum Gasteiger partial charge on any atom is -0.355 e. The summed E-state index contributed by atoms with van der Waals surface area (Å²) in [4.78, 5) is 19.7. The topological polar surface area (TPSA) is 57.3 Å². The molecule has 1 aliphatic heterocycles. The van der Waals surface area contributed by atoms with Crippen molar-refractivity contribution < 1.29 is 4.79 Å². The number of benzene rings is 3. The molecule has 1 fully saturated rings. The molecule has 1 saturated heterocycles. The summed E-state index contributed by atoms with van der Waals surface area (Å²) < 4.78 is 0. The van der Waals surface area contributed by atoms with E-state index < -0.39 is 0 Å². The van der Waals surface area contributed by atoms with Crippen LogP contribution in [0.5, 0.6) is 0 Å². The molecule has 1 aromatic heterocycles. The Kier molecular flexibility index (Phi) is 5.73. The second-order valence-electron chi connectivity index (χ2n) is 8.48. The first kappa shape index (κ1) is 20.5. The molecule has 0 unspecified atom stereocenters. The number of aromatic nitrogens is 1. The van der Waals surface area contributed by atoms with E-state index in [1.54, 1.807) is 0 Å². The second-order valence-corrected chi connectivity index (χ2v) is 8.48. The van der Waals surface area contributed by atoms with Crippen LogP contribution < -0.4 is 10.6 Å². The van der Waals surface area contributed by atoms with Crippen molar-refractivity contribution in [3.63, 3.8) is 0 Å². The summed E-state index contributed by atoms with van der Waals surface area (Å²) in [6.45, 7) is 5.27. The lowest BCUT2D eigenvalue weighted by Gasteiger charge is -2.32. The molecule has 162 valence electrons. The van der Waals surface area contributed by atoms with Crippen LogP contribution in [0.1, 0.15) is 30.1 Å². The number of piperidine rings is 1. The van der Waals surface area contributed by atoms with Gasteiger partial charge in [0.1, 0.15) is 0 Å². The third-order valence-electron chi connectivity index (χ3n) is 6.32. The van der Waals surface area contributed by atoms with E-state index in [0.29, 0.717) is 5.56 Å². The number of nitrogens with zero attached hydrogens (tertiary/aromatic N) is 2.